The summed E-state index contributed by atoms with van der Waals surface area (Å²) in [6.07, 6.45) is 0. The first-order chi connectivity index (χ1) is 9.51. The molecule has 1 aliphatic heterocycles. The van der Waals surface area contributed by atoms with Crippen LogP contribution in [0.1, 0.15) is 18.5 Å². The van der Waals surface area contributed by atoms with E-state index < -0.39 is 0 Å². The summed E-state index contributed by atoms with van der Waals surface area (Å²) in [4.78, 5) is 17.8. The summed E-state index contributed by atoms with van der Waals surface area (Å²) in [6, 6.07) is 3.80. The molecule has 20 heavy (non-hydrogen) atoms. The van der Waals surface area contributed by atoms with E-state index in [1.54, 1.807) is 20.1 Å². The fraction of sp³-hybridized carbons (Fsp3) is 0.538. The molecule has 0 spiro atoms. The van der Waals surface area contributed by atoms with Crippen molar-refractivity contribution in [3.05, 3.63) is 27.5 Å². The molecule has 7 heteroatoms. The van der Waals surface area contributed by atoms with Crippen molar-refractivity contribution in [1.82, 2.24) is 15.2 Å². The van der Waals surface area contributed by atoms with Crippen LogP contribution in [0.3, 0.4) is 0 Å². The molecule has 5 nitrogen and oxygen atoms in total. The van der Waals surface area contributed by atoms with Crippen LogP contribution in [0.25, 0.3) is 0 Å². The van der Waals surface area contributed by atoms with Crippen molar-refractivity contribution in [3.8, 4) is 0 Å². The number of carbonyl (C=O) groups is 1. The van der Waals surface area contributed by atoms with Gasteiger partial charge in [-0.3, -0.25) is 4.79 Å². The highest BCUT2D eigenvalue weighted by Gasteiger charge is 2.31. The number of methoxy groups -OCH3 is 1. The number of carbonyl (C=O) groups excluding carboxylic acids is 1. The van der Waals surface area contributed by atoms with Crippen molar-refractivity contribution in [2.24, 2.45) is 0 Å². The Kier molecular flexibility index (Phi) is 5.37. The first-order valence-electron chi connectivity index (χ1n) is 6.33. The highest BCUT2D eigenvalue weighted by atomic mass is 79.9. The molecule has 2 heterocycles. The predicted molar refractivity (Wildman–Crippen MR) is 80.7 cm³/mol. The molecule has 2 rings (SSSR count). The lowest BCUT2D eigenvalue weighted by Crippen LogP contribution is -2.55. The van der Waals surface area contributed by atoms with Gasteiger partial charge in [-0.25, -0.2) is 4.98 Å². The van der Waals surface area contributed by atoms with Gasteiger partial charge < -0.3 is 15.0 Å². The molecule has 110 valence electrons. The van der Waals surface area contributed by atoms with Gasteiger partial charge in [-0.15, -0.1) is 0 Å². The van der Waals surface area contributed by atoms with Gasteiger partial charge in [0, 0.05) is 33.2 Å². The quantitative estimate of drug-likeness (QED) is 0.836. The van der Waals surface area contributed by atoms with Crippen molar-refractivity contribution >= 4 is 33.4 Å². The molecule has 0 saturated carbocycles. The summed E-state index contributed by atoms with van der Waals surface area (Å²) in [7, 11) is 1.66. The van der Waals surface area contributed by atoms with Gasteiger partial charge in [-0.1, -0.05) is 11.6 Å². The third-order valence-electron chi connectivity index (χ3n) is 3.34. The Bertz CT molecular complexity index is 480. The van der Waals surface area contributed by atoms with Gasteiger partial charge >= 0.3 is 0 Å². The van der Waals surface area contributed by atoms with Gasteiger partial charge in [0.05, 0.1) is 12.6 Å². The van der Waals surface area contributed by atoms with Crippen LogP contribution in [0.4, 0.5) is 0 Å². The van der Waals surface area contributed by atoms with E-state index in [0.717, 1.165) is 5.56 Å². The van der Waals surface area contributed by atoms with E-state index in [4.69, 9.17) is 16.3 Å². The minimum Gasteiger partial charge on any atom is -0.383 e. The molecule has 0 radical (unpaired) electrons. The number of amides is 1. The first kappa shape index (κ1) is 15.7. The maximum Gasteiger partial charge on any atom is 0.220 e. The van der Waals surface area contributed by atoms with E-state index in [2.05, 4.69) is 26.2 Å². The highest BCUT2D eigenvalue weighted by molar-refractivity contribution is 9.10. The zero-order chi connectivity index (χ0) is 14.7. The lowest BCUT2D eigenvalue weighted by atomic mass is 10.0. The second-order valence-electron chi connectivity index (χ2n) is 4.79. The zero-order valence-corrected chi connectivity index (χ0v) is 13.7. The van der Waals surface area contributed by atoms with E-state index in [1.807, 2.05) is 11.0 Å². The van der Waals surface area contributed by atoms with Gasteiger partial charge in [-0.2, -0.15) is 0 Å². The first-order valence-corrected chi connectivity index (χ1v) is 7.51. The van der Waals surface area contributed by atoms with Gasteiger partial charge in [0.25, 0.3) is 0 Å². The molecule has 2 atom stereocenters. The molecule has 1 aliphatic rings. The molecule has 1 saturated heterocycles. The summed E-state index contributed by atoms with van der Waals surface area (Å²) in [6.45, 7) is 3.45. The average Bonchev–Trinajstić information content (AvgIpc) is 2.37. The minimum absolute atomic E-state index is 0.0432. The molecular formula is C13H17BrClN3O2. The number of hydrogen-bond acceptors (Lipinski definition) is 4. The van der Waals surface area contributed by atoms with Crippen LogP contribution in [0.15, 0.2) is 16.7 Å². The monoisotopic (exact) mass is 361 g/mol. The van der Waals surface area contributed by atoms with Gasteiger partial charge in [0.2, 0.25) is 5.91 Å². The summed E-state index contributed by atoms with van der Waals surface area (Å²) in [5.74, 6) is 0.0432. The van der Waals surface area contributed by atoms with Crippen LogP contribution in [-0.4, -0.2) is 48.6 Å². The maximum absolute atomic E-state index is 11.9. The molecule has 0 unspecified atom stereocenters. The lowest BCUT2D eigenvalue weighted by molar-refractivity contribution is -0.133. The van der Waals surface area contributed by atoms with E-state index in [1.165, 1.54) is 0 Å². The smallest absolute Gasteiger partial charge is 0.220 e. The summed E-state index contributed by atoms with van der Waals surface area (Å²) >= 11 is 9.32. The minimum atomic E-state index is -0.0441. The number of piperazine rings is 1. The normalized spacial score (nSPS) is 22.9. The van der Waals surface area contributed by atoms with Crippen LogP contribution < -0.4 is 5.32 Å². The van der Waals surface area contributed by atoms with Crippen molar-refractivity contribution in [3.63, 3.8) is 0 Å². The molecule has 0 bridgehead atoms. The van der Waals surface area contributed by atoms with Gasteiger partial charge in [-0.05, 0) is 33.6 Å². The molecule has 1 aromatic heterocycles. The number of aromatic nitrogens is 1. The summed E-state index contributed by atoms with van der Waals surface area (Å²) < 4.78 is 5.82. The Morgan fingerprint density at radius 3 is 3.00 bits per heavy atom. The summed E-state index contributed by atoms with van der Waals surface area (Å²) in [5.41, 5.74) is 0.968. The number of pyridine rings is 1. The Labute approximate surface area is 131 Å². The number of rotatable bonds is 3. The Hall–Kier alpha value is -0.690. The van der Waals surface area contributed by atoms with Crippen molar-refractivity contribution in [2.75, 3.05) is 26.8 Å². The maximum atomic E-state index is 11.9. The van der Waals surface area contributed by atoms with Crippen molar-refractivity contribution in [1.29, 1.82) is 0 Å². The number of halogens is 2. The van der Waals surface area contributed by atoms with Crippen LogP contribution in [-0.2, 0) is 9.53 Å². The lowest BCUT2D eigenvalue weighted by Gasteiger charge is -2.40. The fourth-order valence-electron chi connectivity index (χ4n) is 2.45. The van der Waals surface area contributed by atoms with Crippen molar-refractivity contribution in [2.45, 2.75) is 19.0 Å². The number of ether oxygens (including phenoxy) is 1. The second-order valence-corrected chi connectivity index (χ2v) is 5.99. The van der Waals surface area contributed by atoms with E-state index in [0.29, 0.717) is 29.5 Å². The largest absolute Gasteiger partial charge is 0.383 e. The van der Waals surface area contributed by atoms with Gasteiger partial charge in [0.1, 0.15) is 9.76 Å². The van der Waals surface area contributed by atoms with E-state index in [-0.39, 0.29) is 18.0 Å². The van der Waals surface area contributed by atoms with E-state index in [9.17, 15) is 4.79 Å². The number of hydrogen-bond donors (Lipinski definition) is 1. The highest BCUT2D eigenvalue weighted by Crippen LogP contribution is 2.27. The standard InChI is InChI=1S/C13H17BrClN3O2/c1-8(19)18-6-10(7-20-2)16-5-11(18)9-3-12(14)17-13(15)4-9/h3-4,10-11,16H,5-7H2,1-2H3/t10-,11+/m1/s1. The molecular weight excluding hydrogens is 346 g/mol. The predicted octanol–water partition coefficient (Wildman–Crippen LogP) is 2.01. The summed E-state index contributed by atoms with van der Waals surface area (Å²) in [5, 5.41) is 3.81. The Morgan fingerprint density at radius 1 is 1.65 bits per heavy atom. The van der Waals surface area contributed by atoms with Crippen LogP contribution >= 0.6 is 27.5 Å². The molecule has 1 fully saturated rings. The van der Waals surface area contributed by atoms with E-state index >= 15 is 0 Å². The van der Waals surface area contributed by atoms with Crippen LogP contribution in [0.2, 0.25) is 5.15 Å². The van der Waals surface area contributed by atoms with Crippen molar-refractivity contribution < 1.29 is 9.53 Å². The van der Waals surface area contributed by atoms with Gasteiger partial charge in [0.15, 0.2) is 0 Å². The molecule has 0 aromatic carbocycles. The van der Waals surface area contributed by atoms with Crippen LogP contribution in [0, 0.1) is 0 Å². The molecule has 0 aliphatic carbocycles. The number of nitrogens with one attached hydrogen (secondary N) is 1. The molecule has 1 aromatic rings. The third-order valence-corrected chi connectivity index (χ3v) is 3.94. The third kappa shape index (κ3) is 3.69. The zero-order valence-electron chi connectivity index (χ0n) is 11.4. The molecule has 1 N–H and O–H groups in total. The second kappa shape index (κ2) is 6.85. The Balaban J connectivity index is 2.23. The topological polar surface area (TPSA) is 54.5 Å². The SMILES string of the molecule is COC[C@H]1CN(C(C)=O)[C@H](c2cc(Cl)nc(Br)c2)CN1. The molecule has 1 amide bonds. The fourth-order valence-corrected chi connectivity index (χ4v) is 3.23. The Morgan fingerprint density at radius 2 is 2.40 bits per heavy atom. The number of nitrogens with zero attached hydrogens (tertiary/aromatic N) is 2. The average molecular weight is 363 g/mol. The van der Waals surface area contributed by atoms with Crippen LogP contribution in [0.5, 0.6) is 0 Å².